The fourth-order valence-electron chi connectivity index (χ4n) is 1.89. The third-order valence-corrected chi connectivity index (χ3v) is 4.18. The maximum Gasteiger partial charge on any atom is 0.132 e. The summed E-state index contributed by atoms with van der Waals surface area (Å²) in [5, 5.41) is 0. The highest BCUT2D eigenvalue weighted by molar-refractivity contribution is 7.99. The zero-order valence-corrected chi connectivity index (χ0v) is 13.1. The Morgan fingerprint density at radius 3 is 2.52 bits per heavy atom. The van der Waals surface area contributed by atoms with E-state index in [1.165, 1.54) is 4.90 Å². The third-order valence-electron chi connectivity index (χ3n) is 3.04. The first kappa shape index (κ1) is 15.7. The van der Waals surface area contributed by atoms with Gasteiger partial charge in [-0.05, 0) is 36.2 Å². The largest absolute Gasteiger partial charge is 0.496 e. The molecule has 0 aliphatic carbocycles. The van der Waals surface area contributed by atoms with E-state index in [4.69, 9.17) is 15.2 Å². The van der Waals surface area contributed by atoms with Gasteiger partial charge in [0.25, 0.3) is 0 Å². The lowest BCUT2D eigenvalue weighted by Crippen LogP contribution is -2.00. The molecule has 0 saturated carbocycles. The maximum absolute atomic E-state index is 5.71. The van der Waals surface area contributed by atoms with E-state index in [2.05, 4.69) is 6.07 Å². The van der Waals surface area contributed by atoms with Gasteiger partial charge >= 0.3 is 0 Å². The molecule has 0 bridgehead atoms. The molecule has 112 valence electrons. The van der Waals surface area contributed by atoms with Crippen molar-refractivity contribution < 1.29 is 9.47 Å². The molecule has 0 fully saturated rings. The van der Waals surface area contributed by atoms with Crippen LogP contribution in [0.3, 0.4) is 0 Å². The van der Waals surface area contributed by atoms with Crippen molar-refractivity contribution >= 4 is 11.8 Å². The molecule has 0 aliphatic heterocycles. The molecule has 2 rings (SSSR count). The lowest BCUT2D eigenvalue weighted by atomic mass is 10.2. The number of ether oxygens (including phenoxy) is 2. The van der Waals surface area contributed by atoms with Gasteiger partial charge in [0.05, 0.1) is 13.7 Å². The lowest BCUT2D eigenvalue weighted by molar-refractivity contribution is 0.318. The normalized spacial score (nSPS) is 10.4. The van der Waals surface area contributed by atoms with E-state index in [9.17, 15) is 0 Å². The Morgan fingerprint density at radius 2 is 1.81 bits per heavy atom. The molecule has 2 aromatic carbocycles. The smallest absolute Gasteiger partial charge is 0.132 e. The average molecular weight is 303 g/mol. The van der Waals surface area contributed by atoms with Crippen LogP contribution in [0.25, 0.3) is 0 Å². The van der Waals surface area contributed by atoms with Crippen LogP contribution in [0.1, 0.15) is 12.0 Å². The molecule has 21 heavy (non-hydrogen) atoms. The van der Waals surface area contributed by atoms with E-state index in [1.54, 1.807) is 18.9 Å². The van der Waals surface area contributed by atoms with Crippen LogP contribution in [0.2, 0.25) is 0 Å². The first-order chi connectivity index (χ1) is 10.3. The van der Waals surface area contributed by atoms with Crippen molar-refractivity contribution in [2.75, 3.05) is 19.5 Å². The van der Waals surface area contributed by atoms with Crippen LogP contribution in [0, 0.1) is 0 Å². The van der Waals surface area contributed by atoms with Gasteiger partial charge in [-0.1, -0.05) is 24.3 Å². The molecule has 0 unspecified atom stereocenters. The Bertz CT molecular complexity index is 543. The number of para-hydroxylation sites is 1. The van der Waals surface area contributed by atoms with Crippen LogP contribution in [0.4, 0.5) is 0 Å². The van der Waals surface area contributed by atoms with Crippen molar-refractivity contribution in [1.82, 2.24) is 0 Å². The van der Waals surface area contributed by atoms with Crippen LogP contribution < -0.4 is 15.2 Å². The van der Waals surface area contributed by atoms with E-state index in [0.29, 0.717) is 13.2 Å². The highest BCUT2D eigenvalue weighted by Gasteiger charge is 2.02. The van der Waals surface area contributed by atoms with Gasteiger partial charge in [-0.3, -0.25) is 0 Å². The second kappa shape index (κ2) is 8.60. The molecular formula is C17H21NO2S. The van der Waals surface area contributed by atoms with Crippen molar-refractivity contribution in [3.63, 3.8) is 0 Å². The van der Waals surface area contributed by atoms with Gasteiger partial charge < -0.3 is 15.2 Å². The molecule has 0 heterocycles. The minimum Gasteiger partial charge on any atom is -0.496 e. The molecule has 0 aromatic heterocycles. The molecule has 4 heteroatoms. The zero-order valence-electron chi connectivity index (χ0n) is 12.2. The highest BCUT2D eigenvalue weighted by atomic mass is 32.2. The molecule has 0 amide bonds. The monoisotopic (exact) mass is 303 g/mol. The Hall–Kier alpha value is -1.65. The molecule has 0 spiro atoms. The van der Waals surface area contributed by atoms with Crippen molar-refractivity contribution in [3.05, 3.63) is 54.1 Å². The van der Waals surface area contributed by atoms with Crippen molar-refractivity contribution in [2.45, 2.75) is 17.9 Å². The lowest BCUT2D eigenvalue weighted by Gasteiger charge is -2.09. The van der Waals surface area contributed by atoms with E-state index in [1.807, 2.05) is 42.5 Å². The predicted octanol–water partition coefficient (Wildman–Crippen LogP) is 3.72. The molecule has 2 N–H and O–H groups in total. The second-order valence-corrected chi connectivity index (χ2v) is 5.69. The summed E-state index contributed by atoms with van der Waals surface area (Å²) in [6.07, 6.45) is 0.987. The number of benzene rings is 2. The van der Waals surface area contributed by atoms with Gasteiger partial charge in [0.15, 0.2) is 0 Å². The highest BCUT2D eigenvalue weighted by Crippen LogP contribution is 2.28. The van der Waals surface area contributed by atoms with Crippen LogP contribution in [0.15, 0.2) is 53.4 Å². The third kappa shape index (κ3) is 4.99. The SMILES string of the molecule is COc1ccccc1SCCCOc1ccc(CN)cc1. The van der Waals surface area contributed by atoms with Crippen molar-refractivity contribution in [2.24, 2.45) is 5.73 Å². The number of rotatable bonds is 8. The van der Waals surface area contributed by atoms with E-state index >= 15 is 0 Å². The molecule has 0 radical (unpaired) electrons. The quantitative estimate of drug-likeness (QED) is 0.596. The van der Waals surface area contributed by atoms with E-state index < -0.39 is 0 Å². The number of nitrogens with two attached hydrogens (primary N) is 1. The molecule has 3 nitrogen and oxygen atoms in total. The Labute approximate surface area is 130 Å². The first-order valence-electron chi connectivity index (χ1n) is 7.01. The Kier molecular flexibility index (Phi) is 6.44. The first-order valence-corrected chi connectivity index (χ1v) is 7.99. The molecular weight excluding hydrogens is 282 g/mol. The van der Waals surface area contributed by atoms with Gasteiger partial charge in [-0.25, -0.2) is 0 Å². The van der Waals surface area contributed by atoms with Crippen LogP contribution in [0.5, 0.6) is 11.5 Å². The van der Waals surface area contributed by atoms with Gasteiger partial charge in [0.1, 0.15) is 11.5 Å². The van der Waals surface area contributed by atoms with Crippen LogP contribution >= 0.6 is 11.8 Å². The van der Waals surface area contributed by atoms with Crippen LogP contribution in [-0.4, -0.2) is 19.5 Å². The van der Waals surface area contributed by atoms with E-state index in [-0.39, 0.29) is 0 Å². The summed E-state index contributed by atoms with van der Waals surface area (Å²) in [6, 6.07) is 16.0. The average Bonchev–Trinajstić information content (AvgIpc) is 2.55. The van der Waals surface area contributed by atoms with Gasteiger partial charge in [-0.15, -0.1) is 11.8 Å². The Balaban J connectivity index is 1.70. The van der Waals surface area contributed by atoms with Gasteiger partial charge in [-0.2, -0.15) is 0 Å². The number of thioether (sulfide) groups is 1. The van der Waals surface area contributed by atoms with Crippen molar-refractivity contribution in [3.8, 4) is 11.5 Å². The van der Waals surface area contributed by atoms with Gasteiger partial charge in [0, 0.05) is 17.2 Å². The zero-order chi connectivity index (χ0) is 14.9. The number of methoxy groups -OCH3 is 1. The van der Waals surface area contributed by atoms with Crippen LogP contribution in [-0.2, 0) is 6.54 Å². The minimum absolute atomic E-state index is 0.565. The molecule has 0 saturated heterocycles. The molecule has 0 aliphatic rings. The topological polar surface area (TPSA) is 44.5 Å². The fraction of sp³-hybridized carbons (Fsp3) is 0.294. The second-order valence-electron chi connectivity index (χ2n) is 4.55. The number of hydrogen-bond acceptors (Lipinski definition) is 4. The Morgan fingerprint density at radius 1 is 1.05 bits per heavy atom. The summed E-state index contributed by atoms with van der Waals surface area (Å²) >= 11 is 1.79. The predicted molar refractivity (Wildman–Crippen MR) is 88.2 cm³/mol. The van der Waals surface area contributed by atoms with Gasteiger partial charge in [0.2, 0.25) is 0 Å². The van der Waals surface area contributed by atoms with E-state index in [0.717, 1.165) is 29.2 Å². The minimum atomic E-state index is 0.565. The summed E-state index contributed by atoms with van der Waals surface area (Å²) in [4.78, 5) is 1.17. The molecule has 0 atom stereocenters. The summed E-state index contributed by atoms with van der Waals surface area (Å²) in [7, 11) is 1.70. The molecule has 2 aromatic rings. The summed E-state index contributed by atoms with van der Waals surface area (Å²) < 4.78 is 11.0. The summed E-state index contributed by atoms with van der Waals surface area (Å²) in [5.74, 6) is 2.83. The van der Waals surface area contributed by atoms with Crippen molar-refractivity contribution in [1.29, 1.82) is 0 Å². The summed E-state index contributed by atoms with van der Waals surface area (Å²) in [6.45, 7) is 1.28. The summed E-state index contributed by atoms with van der Waals surface area (Å²) in [5.41, 5.74) is 6.68. The maximum atomic E-state index is 5.71. The number of hydrogen-bond donors (Lipinski definition) is 1. The standard InChI is InChI=1S/C17H21NO2S/c1-19-16-5-2-3-6-17(16)21-12-4-11-20-15-9-7-14(13-18)8-10-15/h2-3,5-10H,4,11-13,18H2,1H3. The fourth-order valence-corrected chi connectivity index (χ4v) is 2.84.